The Hall–Kier alpha value is -1.60. The molecule has 3 aromatic carbocycles. The first-order chi connectivity index (χ1) is 12.3. The zero-order chi connectivity index (χ0) is 17.5. The highest BCUT2D eigenvalue weighted by atomic mass is 127. The van der Waals surface area contributed by atoms with E-state index in [-0.39, 0.29) is 24.0 Å². The van der Waals surface area contributed by atoms with Crippen molar-refractivity contribution in [1.29, 1.82) is 5.26 Å². The first-order valence-electron chi connectivity index (χ1n) is 8.03. The summed E-state index contributed by atoms with van der Waals surface area (Å²) in [5.74, 6) is 0. The van der Waals surface area contributed by atoms with Crippen LogP contribution in [-0.2, 0) is 0 Å². The molecule has 4 heteroatoms. The van der Waals surface area contributed by atoms with E-state index in [9.17, 15) is 5.26 Å². The van der Waals surface area contributed by atoms with Crippen molar-refractivity contribution in [2.45, 2.75) is 0 Å². The van der Waals surface area contributed by atoms with Crippen LogP contribution in [0, 0.1) is 11.3 Å². The fraction of sp³-hybridized carbons (Fsp3) is 0.0455. The lowest BCUT2D eigenvalue weighted by Crippen LogP contribution is -3.00. The minimum atomic E-state index is -2.20. The van der Waals surface area contributed by atoms with E-state index in [2.05, 4.69) is 78.9 Å². The number of allylic oxidation sites excluding steroid dienone is 1. The smallest absolute Gasteiger partial charge is 0.191 e. The van der Waals surface area contributed by atoms with Gasteiger partial charge in [0.1, 0.15) is 22.0 Å². The molecule has 130 valence electrons. The number of halogens is 1. The summed E-state index contributed by atoms with van der Waals surface area (Å²) in [4.78, 5) is 0. The molecular formula is C22H19INPS. The summed E-state index contributed by atoms with van der Waals surface area (Å²) in [7, 11) is -2.20. The van der Waals surface area contributed by atoms with Gasteiger partial charge in [0, 0.05) is 5.41 Å². The second-order valence-electron chi connectivity index (χ2n) is 5.53. The van der Waals surface area contributed by atoms with Crippen molar-refractivity contribution in [3.8, 4) is 6.07 Å². The minimum absolute atomic E-state index is 0. The van der Waals surface area contributed by atoms with Crippen LogP contribution in [0.15, 0.2) is 102 Å². The molecule has 0 heterocycles. The highest BCUT2D eigenvalue weighted by Crippen LogP contribution is 2.62. The molecule has 0 spiro atoms. The first kappa shape index (κ1) is 20.7. The largest absolute Gasteiger partial charge is 1.00 e. The standard InChI is InChI=1S/C22H19NPS.HI/c1-25-18-22(17-23)24(19-11-5-2-6-12-19,20-13-7-3-8-14-20)21-15-9-4-10-16-21;/h2-16,18H,1H3;1H/q+1;/p-1/b22-18+;. The Bertz CT molecular complexity index is 793. The van der Waals surface area contributed by atoms with Crippen molar-refractivity contribution in [1.82, 2.24) is 0 Å². The number of hydrogen-bond donors (Lipinski definition) is 0. The van der Waals surface area contributed by atoms with Crippen LogP contribution in [0.5, 0.6) is 0 Å². The van der Waals surface area contributed by atoms with Crippen LogP contribution in [-0.4, -0.2) is 6.26 Å². The molecule has 26 heavy (non-hydrogen) atoms. The summed E-state index contributed by atoms with van der Waals surface area (Å²) in [5, 5.41) is 16.5. The quantitative estimate of drug-likeness (QED) is 0.311. The van der Waals surface area contributed by atoms with Gasteiger partial charge in [0.2, 0.25) is 0 Å². The molecule has 0 aromatic heterocycles. The van der Waals surface area contributed by atoms with E-state index in [0.717, 1.165) is 5.31 Å². The lowest BCUT2D eigenvalue weighted by molar-refractivity contribution is -0.00000503. The normalized spacial score (nSPS) is 11.3. The zero-order valence-corrected chi connectivity index (χ0v) is 18.3. The lowest BCUT2D eigenvalue weighted by atomic mass is 10.4. The molecule has 0 aliphatic heterocycles. The van der Waals surface area contributed by atoms with Gasteiger partial charge in [-0.15, -0.1) is 11.8 Å². The predicted octanol–water partition coefficient (Wildman–Crippen LogP) is 1.71. The van der Waals surface area contributed by atoms with Crippen LogP contribution >= 0.6 is 19.0 Å². The number of thioether (sulfide) groups is 1. The zero-order valence-electron chi connectivity index (χ0n) is 14.4. The van der Waals surface area contributed by atoms with Gasteiger partial charge in [-0.05, 0) is 42.7 Å². The molecule has 1 nitrogen and oxygen atoms in total. The Labute approximate surface area is 177 Å². The number of hydrogen-bond acceptors (Lipinski definition) is 2. The molecule has 0 amide bonds. The van der Waals surface area contributed by atoms with Gasteiger partial charge < -0.3 is 24.0 Å². The molecule has 0 atom stereocenters. The van der Waals surface area contributed by atoms with Gasteiger partial charge in [-0.2, -0.15) is 5.26 Å². The van der Waals surface area contributed by atoms with Gasteiger partial charge in [-0.3, -0.25) is 0 Å². The van der Waals surface area contributed by atoms with Crippen molar-refractivity contribution >= 4 is 34.9 Å². The third kappa shape index (κ3) is 3.88. The second kappa shape index (κ2) is 9.92. The van der Waals surface area contributed by atoms with Crippen LogP contribution in [0.1, 0.15) is 0 Å². The Morgan fingerprint density at radius 1 is 0.769 bits per heavy atom. The molecule has 0 saturated carbocycles. The van der Waals surface area contributed by atoms with Gasteiger partial charge in [0.15, 0.2) is 12.6 Å². The third-order valence-electron chi connectivity index (χ3n) is 4.14. The van der Waals surface area contributed by atoms with Gasteiger partial charge in [-0.1, -0.05) is 54.6 Å². The van der Waals surface area contributed by atoms with Crippen molar-refractivity contribution < 1.29 is 24.0 Å². The molecule has 0 N–H and O–H groups in total. The van der Waals surface area contributed by atoms with Crippen LogP contribution in [0.25, 0.3) is 0 Å². The number of benzene rings is 3. The number of rotatable bonds is 5. The molecule has 0 unspecified atom stereocenters. The number of nitriles is 1. The fourth-order valence-electron chi connectivity index (χ4n) is 3.11. The maximum Gasteiger partial charge on any atom is 0.191 e. The van der Waals surface area contributed by atoms with Gasteiger partial charge in [-0.25, -0.2) is 0 Å². The molecule has 0 aliphatic carbocycles. The highest BCUT2D eigenvalue weighted by molar-refractivity contribution is 8.03. The van der Waals surface area contributed by atoms with E-state index in [1.807, 2.05) is 29.9 Å². The highest BCUT2D eigenvalue weighted by Gasteiger charge is 2.49. The Morgan fingerprint density at radius 2 is 1.12 bits per heavy atom. The van der Waals surface area contributed by atoms with Crippen LogP contribution in [0.2, 0.25) is 0 Å². The lowest BCUT2D eigenvalue weighted by Gasteiger charge is -2.26. The first-order valence-corrected chi connectivity index (χ1v) is 11.1. The predicted molar refractivity (Wildman–Crippen MR) is 112 cm³/mol. The summed E-state index contributed by atoms with van der Waals surface area (Å²) >= 11 is 1.59. The average molecular weight is 487 g/mol. The molecule has 3 aromatic rings. The number of nitrogens with zero attached hydrogens (tertiary/aromatic N) is 1. The van der Waals surface area contributed by atoms with Gasteiger partial charge >= 0.3 is 0 Å². The molecule has 0 saturated heterocycles. The molecule has 0 fully saturated rings. The summed E-state index contributed by atoms with van der Waals surface area (Å²) in [6.07, 6.45) is 2.01. The topological polar surface area (TPSA) is 23.8 Å². The Morgan fingerprint density at radius 3 is 1.38 bits per heavy atom. The molecular weight excluding hydrogens is 468 g/mol. The maximum absolute atomic E-state index is 10.1. The molecule has 0 radical (unpaired) electrons. The maximum atomic E-state index is 10.1. The van der Waals surface area contributed by atoms with Crippen molar-refractivity contribution in [2.24, 2.45) is 0 Å². The fourth-order valence-corrected chi connectivity index (χ4v) is 8.07. The van der Waals surface area contributed by atoms with E-state index in [1.165, 1.54) is 15.9 Å². The summed E-state index contributed by atoms with van der Waals surface area (Å²) in [6.45, 7) is 0. The van der Waals surface area contributed by atoms with Gasteiger partial charge in [0.25, 0.3) is 0 Å². The van der Waals surface area contributed by atoms with E-state index >= 15 is 0 Å². The van der Waals surface area contributed by atoms with Crippen molar-refractivity contribution in [3.63, 3.8) is 0 Å². The van der Waals surface area contributed by atoms with E-state index in [0.29, 0.717) is 0 Å². The van der Waals surface area contributed by atoms with E-state index < -0.39 is 7.26 Å². The Balaban J connectivity index is 0.00000243. The van der Waals surface area contributed by atoms with Crippen molar-refractivity contribution in [2.75, 3.05) is 6.26 Å². The van der Waals surface area contributed by atoms with Crippen LogP contribution in [0.3, 0.4) is 0 Å². The third-order valence-corrected chi connectivity index (χ3v) is 8.95. The van der Waals surface area contributed by atoms with Crippen molar-refractivity contribution in [3.05, 3.63) is 102 Å². The van der Waals surface area contributed by atoms with E-state index in [1.54, 1.807) is 11.8 Å². The summed E-state index contributed by atoms with van der Waals surface area (Å²) in [6, 6.07) is 33.9. The molecule has 3 rings (SSSR count). The Kier molecular flexibility index (Phi) is 7.90. The average Bonchev–Trinajstić information content (AvgIpc) is 2.70. The van der Waals surface area contributed by atoms with Crippen LogP contribution in [0.4, 0.5) is 0 Å². The molecule has 0 bridgehead atoms. The minimum Gasteiger partial charge on any atom is -1.00 e. The van der Waals surface area contributed by atoms with Crippen LogP contribution < -0.4 is 39.9 Å². The second-order valence-corrected chi connectivity index (χ2v) is 9.61. The van der Waals surface area contributed by atoms with E-state index in [4.69, 9.17) is 0 Å². The SMILES string of the molecule is CS/C=C(\C#N)[P+](c1ccccc1)(c1ccccc1)c1ccccc1.[I-]. The summed E-state index contributed by atoms with van der Waals surface area (Å²) in [5.41, 5.74) is 0. The molecule has 0 aliphatic rings. The summed E-state index contributed by atoms with van der Waals surface area (Å²) < 4.78 is 0. The monoisotopic (exact) mass is 487 g/mol. The van der Waals surface area contributed by atoms with Gasteiger partial charge in [0.05, 0.1) is 0 Å².